The highest BCUT2D eigenvalue weighted by molar-refractivity contribution is 9.10. The van der Waals surface area contributed by atoms with Crippen molar-refractivity contribution in [3.63, 3.8) is 0 Å². The summed E-state index contributed by atoms with van der Waals surface area (Å²) in [6.45, 7) is 1.62. The third kappa shape index (κ3) is 2.79. The lowest BCUT2D eigenvalue weighted by molar-refractivity contribution is -0.184. The summed E-state index contributed by atoms with van der Waals surface area (Å²) in [5.74, 6) is 0.104. The number of rotatable bonds is 1. The fourth-order valence-electron chi connectivity index (χ4n) is 1.85. The third-order valence-electron chi connectivity index (χ3n) is 2.62. The standard InChI is InChI=1S/C12H7BrClF3O2/c1-5-2-7(13)3-6-4-8(11(14)18)10(12(15,16)17)19-9(5)6/h2-4,10H,1H3/t10-/m0/s1. The van der Waals surface area contributed by atoms with Crippen LogP contribution in [0.3, 0.4) is 0 Å². The zero-order valence-corrected chi connectivity index (χ0v) is 11.9. The van der Waals surface area contributed by atoms with E-state index in [1.807, 2.05) is 0 Å². The van der Waals surface area contributed by atoms with E-state index in [-0.39, 0.29) is 5.75 Å². The molecule has 0 saturated carbocycles. The Kier molecular flexibility index (Phi) is 3.66. The Hall–Kier alpha value is -1.01. The average molecular weight is 356 g/mol. The second-order valence-corrected chi connectivity index (χ2v) is 5.31. The molecular formula is C12H7BrClF3O2. The molecule has 0 bridgehead atoms. The number of benzene rings is 1. The van der Waals surface area contributed by atoms with Gasteiger partial charge in [0.25, 0.3) is 5.24 Å². The van der Waals surface area contributed by atoms with Crippen LogP contribution in [-0.4, -0.2) is 17.5 Å². The van der Waals surface area contributed by atoms with Gasteiger partial charge in [0.05, 0.1) is 5.57 Å². The maximum absolute atomic E-state index is 12.9. The van der Waals surface area contributed by atoms with Gasteiger partial charge in [-0.2, -0.15) is 13.2 Å². The van der Waals surface area contributed by atoms with Gasteiger partial charge in [-0.05, 0) is 42.3 Å². The molecule has 1 aliphatic rings. The van der Waals surface area contributed by atoms with E-state index in [1.54, 1.807) is 19.1 Å². The first-order valence-electron chi connectivity index (χ1n) is 5.15. The van der Waals surface area contributed by atoms with Crippen molar-refractivity contribution in [2.75, 3.05) is 0 Å². The normalized spacial score (nSPS) is 18.4. The minimum absolute atomic E-state index is 0.104. The average Bonchev–Trinajstić information content (AvgIpc) is 2.25. The topological polar surface area (TPSA) is 26.3 Å². The summed E-state index contributed by atoms with van der Waals surface area (Å²) >= 11 is 8.43. The van der Waals surface area contributed by atoms with Gasteiger partial charge in [0.1, 0.15) is 5.75 Å². The minimum Gasteiger partial charge on any atom is -0.475 e. The van der Waals surface area contributed by atoms with Crippen LogP contribution in [0.15, 0.2) is 22.2 Å². The summed E-state index contributed by atoms with van der Waals surface area (Å²) in [4.78, 5) is 11.1. The van der Waals surface area contributed by atoms with Crippen molar-refractivity contribution >= 4 is 38.8 Å². The maximum atomic E-state index is 12.9. The number of halogens is 5. The van der Waals surface area contributed by atoms with E-state index in [9.17, 15) is 18.0 Å². The number of carbonyl (C=O) groups excluding carboxylic acids is 1. The number of ether oxygens (including phenoxy) is 1. The molecule has 102 valence electrons. The van der Waals surface area contributed by atoms with Crippen molar-refractivity contribution in [2.45, 2.75) is 19.2 Å². The second-order valence-electron chi connectivity index (χ2n) is 4.05. The van der Waals surface area contributed by atoms with Crippen LogP contribution in [0, 0.1) is 6.92 Å². The number of alkyl halides is 3. The molecule has 19 heavy (non-hydrogen) atoms. The lowest BCUT2D eigenvalue weighted by Gasteiger charge is -2.28. The van der Waals surface area contributed by atoms with Crippen molar-refractivity contribution in [1.29, 1.82) is 0 Å². The molecule has 7 heteroatoms. The van der Waals surface area contributed by atoms with Crippen LogP contribution < -0.4 is 4.74 Å². The van der Waals surface area contributed by atoms with Gasteiger partial charge in [0.2, 0.25) is 6.10 Å². The van der Waals surface area contributed by atoms with Crippen molar-refractivity contribution in [2.24, 2.45) is 0 Å². The molecule has 1 aromatic carbocycles. The number of hydrogen-bond donors (Lipinski definition) is 0. The Morgan fingerprint density at radius 1 is 1.42 bits per heavy atom. The third-order valence-corrected chi connectivity index (χ3v) is 3.30. The first kappa shape index (κ1) is 14.4. The molecule has 1 atom stereocenters. The van der Waals surface area contributed by atoms with Gasteiger partial charge in [-0.1, -0.05) is 15.9 Å². The van der Waals surface area contributed by atoms with Gasteiger partial charge in [0.15, 0.2) is 0 Å². The smallest absolute Gasteiger partial charge is 0.429 e. The number of aryl methyl sites for hydroxylation is 1. The molecule has 2 rings (SSSR count). The van der Waals surface area contributed by atoms with Crippen LogP contribution >= 0.6 is 27.5 Å². The number of hydrogen-bond acceptors (Lipinski definition) is 2. The van der Waals surface area contributed by atoms with Crippen LogP contribution in [0.25, 0.3) is 6.08 Å². The van der Waals surface area contributed by atoms with Crippen LogP contribution in [0.1, 0.15) is 11.1 Å². The molecule has 0 radical (unpaired) electrons. The zero-order chi connectivity index (χ0) is 14.4. The van der Waals surface area contributed by atoms with E-state index in [0.29, 0.717) is 15.6 Å². The molecule has 0 aliphatic carbocycles. The minimum atomic E-state index is -4.70. The van der Waals surface area contributed by atoms with Crippen LogP contribution in [0.4, 0.5) is 13.2 Å². The molecule has 2 nitrogen and oxygen atoms in total. The molecule has 0 aromatic heterocycles. The predicted molar refractivity (Wildman–Crippen MR) is 68.2 cm³/mol. The van der Waals surface area contributed by atoms with Crippen molar-refractivity contribution in [1.82, 2.24) is 0 Å². The van der Waals surface area contributed by atoms with Crippen molar-refractivity contribution in [3.8, 4) is 5.75 Å². The first-order chi connectivity index (χ1) is 8.70. The van der Waals surface area contributed by atoms with E-state index >= 15 is 0 Å². The van der Waals surface area contributed by atoms with E-state index in [4.69, 9.17) is 16.3 Å². The van der Waals surface area contributed by atoms with Gasteiger partial charge < -0.3 is 4.74 Å². The lowest BCUT2D eigenvalue weighted by Crippen LogP contribution is -2.39. The summed E-state index contributed by atoms with van der Waals surface area (Å²) in [5.41, 5.74) is 0.312. The Morgan fingerprint density at radius 2 is 2.05 bits per heavy atom. The predicted octanol–water partition coefficient (Wildman–Crippen LogP) is 4.23. The van der Waals surface area contributed by atoms with Gasteiger partial charge in [-0.25, -0.2) is 0 Å². The molecule has 1 aliphatic heterocycles. The van der Waals surface area contributed by atoms with Gasteiger partial charge in [-0.15, -0.1) is 0 Å². The summed E-state index contributed by atoms with van der Waals surface area (Å²) in [5, 5.41) is -1.18. The molecule has 0 unspecified atom stereocenters. The number of fused-ring (bicyclic) bond motifs is 1. The molecule has 1 heterocycles. The van der Waals surface area contributed by atoms with Gasteiger partial charge in [0, 0.05) is 10.0 Å². The highest BCUT2D eigenvalue weighted by Gasteiger charge is 2.48. The van der Waals surface area contributed by atoms with Crippen molar-refractivity contribution < 1.29 is 22.7 Å². The highest BCUT2D eigenvalue weighted by atomic mass is 79.9. The first-order valence-corrected chi connectivity index (χ1v) is 6.32. The fraction of sp³-hybridized carbons (Fsp3) is 0.250. The maximum Gasteiger partial charge on any atom is 0.429 e. The summed E-state index contributed by atoms with van der Waals surface area (Å²) < 4.78 is 44.2. The Bertz CT molecular complexity index is 581. The Labute approximate surface area is 120 Å². The van der Waals surface area contributed by atoms with E-state index in [0.717, 1.165) is 6.08 Å². The molecular weight excluding hydrogens is 348 g/mol. The van der Waals surface area contributed by atoms with Crippen LogP contribution in [-0.2, 0) is 4.79 Å². The molecule has 0 amide bonds. The lowest BCUT2D eigenvalue weighted by atomic mass is 10.00. The number of carbonyl (C=O) groups is 1. The molecule has 0 fully saturated rings. The summed E-state index contributed by atoms with van der Waals surface area (Å²) in [7, 11) is 0. The van der Waals surface area contributed by atoms with Gasteiger partial charge >= 0.3 is 6.18 Å². The quantitative estimate of drug-likeness (QED) is 0.705. The molecule has 0 saturated heterocycles. The molecule has 1 aromatic rings. The zero-order valence-electron chi connectivity index (χ0n) is 9.52. The van der Waals surface area contributed by atoms with E-state index in [1.165, 1.54) is 0 Å². The van der Waals surface area contributed by atoms with Crippen LogP contribution in [0.2, 0.25) is 0 Å². The van der Waals surface area contributed by atoms with Gasteiger partial charge in [-0.3, -0.25) is 4.79 Å². The summed E-state index contributed by atoms with van der Waals surface area (Å²) in [6.07, 6.45) is -5.91. The monoisotopic (exact) mass is 354 g/mol. The Balaban J connectivity index is 2.61. The van der Waals surface area contributed by atoms with Crippen LogP contribution in [0.5, 0.6) is 5.75 Å². The molecule has 0 spiro atoms. The van der Waals surface area contributed by atoms with E-state index in [2.05, 4.69) is 15.9 Å². The van der Waals surface area contributed by atoms with E-state index < -0.39 is 23.1 Å². The SMILES string of the molecule is Cc1cc(Br)cc2c1O[C@H](C(F)(F)F)C(C(=O)Cl)=C2. The largest absolute Gasteiger partial charge is 0.475 e. The summed E-state index contributed by atoms with van der Waals surface area (Å²) in [6, 6.07) is 3.20. The Morgan fingerprint density at radius 3 is 2.58 bits per heavy atom. The second kappa shape index (κ2) is 4.83. The fourth-order valence-corrected chi connectivity index (χ4v) is 2.60. The highest BCUT2D eigenvalue weighted by Crippen LogP contribution is 2.40. The molecule has 0 N–H and O–H groups in total. The van der Waals surface area contributed by atoms with Crippen molar-refractivity contribution in [3.05, 3.63) is 33.3 Å².